The summed E-state index contributed by atoms with van der Waals surface area (Å²) in [4.78, 5) is 29.3. The molecule has 144 valence electrons. The fourth-order valence-corrected chi connectivity index (χ4v) is 2.91. The van der Waals surface area contributed by atoms with Crippen LogP contribution in [0.25, 0.3) is 0 Å². The molecule has 1 heterocycles. The number of hydrogen-bond acceptors (Lipinski definition) is 4. The first-order valence-electron chi connectivity index (χ1n) is 9.19. The van der Waals surface area contributed by atoms with Gasteiger partial charge in [-0.25, -0.2) is 0 Å². The Morgan fingerprint density at radius 3 is 2.48 bits per heavy atom. The summed E-state index contributed by atoms with van der Waals surface area (Å²) in [6.45, 7) is 3.97. The van der Waals surface area contributed by atoms with Crippen molar-refractivity contribution in [3.8, 4) is 6.07 Å². The van der Waals surface area contributed by atoms with E-state index in [-0.39, 0.29) is 11.6 Å². The number of carbonyl (C=O) groups is 2. The maximum Gasteiger partial charge on any atom is 0.274 e. The minimum absolute atomic E-state index is 0.127. The minimum Gasteiger partial charge on any atom is -0.321 e. The Morgan fingerprint density at radius 2 is 1.79 bits per heavy atom. The largest absolute Gasteiger partial charge is 0.321 e. The molecule has 2 amide bonds. The van der Waals surface area contributed by atoms with Crippen LogP contribution >= 0.6 is 0 Å². The molecule has 0 bridgehead atoms. The highest BCUT2D eigenvalue weighted by Gasteiger charge is 2.14. The van der Waals surface area contributed by atoms with Crippen LogP contribution in [0, 0.1) is 18.3 Å². The van der Waals surface area contributed by atoms with Crippen LogP contribution in [0.1, 0.15) is 44.5 Å². The smallest absolute Gasteiger partial charge is 0.274 e. The van der Waals surface area contributed by atoms with Gasteiger partial charge in [-0.05, 0) is 60.9 Å². The third kappa shape index (κ3) is 4.66. The molecule has 6 heteroatoms. The van der Waals surface area contributed by atoms with E-state index in [4.69, 9.17) is 5.26 Å². The van der Waals surface area contributed by atoms with E-state index in [1.165, 1.54) is 12.3 Å². The molecule has 0 aliphatic carbocycles. The first-order valence-corrected chi connectivity index (χ1v) is 9.19. The summed E-state index contributed by atoms with van der Waals surface area (Å²) < 4.78 is 0. The molecule has 0 spiro atoms. The Kier molecular flexibility index (Phi) is 6.00. The number of benzene rings is 2. The number of aromatic nitrogens is 1. The van der Waals surface area contributed by atoms with Gasteiger partial charge in [-0.15, -0.1) is 0 Å². The SMILES string of the molecule is CCc1cccc(C)c1NC(=O)c1ccnc(C(=O)Nc2ccc(C#N)cc2)c1. The van der Waals surface area contributed by atoms with Crippen LogP contribution in [0.2, 0.25) is 0 Å². The number of amides is 2. The number of nitrogens with zero attached hydrogens (tertiary/aromatic N) is 2. The Balaban J connectivity index is 1.77. The zero-order valence-electron chi connectivity index (χ0n) is 16.2. The molecule has 29 heavy (non-hydrogen) atoms. The quantitative estimate of drug-likeness (QED) is 0.684. The summed E-state index contributed by atoms with van der Waals surface area (Å²) in [5.74, 6) is -0.738. The molecular weight excluding hydrogens is 364 g/mol. The van der Waals surface area contributed by atoms with Crippen LogP contribution in [0.4, 0.5) is 11.4 Å². The van der Waals surface area contributed by atoms with Gasteiger partial charge in [0.1, 0.15) is 5.69 Å². The summed E-state index contributed by atoms with van der Waals surface area (Å²) in [5, 5.41) is 14.5. The second-order valence-corrected chi connectivity index (χ2v) is 6.49. The van der Waals surface area contributed by atoms with Crippen molar-refractivity contribution in [1.82, 2.24) is 4.98 Å². The normalized spacial score (nSPS) is 10.1. The second kappa shape index (κ2) is 8.81. The van der Waals surface area contributed by atoms with Crippen molar-refractivity contribution in [1.29, 1.82) is 5.26 Å². The van der Waals surface area contributed by atoms with Crippen molar-refractivity contribution in [2.75, 3.05) is 10.6 Å². The van der Waals surface area contributed by atoms with E-state index in [0.29, 0.717) is 16.8 Å². The summed E-state index contributed by atoms with van der Waals surface area (Å²) in [6, 6.07) is 17.4. The monoisotopic (exact) mass is 384 g/mol. The van der Waals surface area contributed by atoms with E-state index >= 15 is 0 Å². The van der Waals surface area contributed by atoms with Crippen molar-refractivity contribution >= 4 is 23.2 Å². The molecular formula is C23H20N4O2. The Bertz CT molecular complexity index is 1100. The predicted octanol–water partition coefficient (Wildman–Crippen LogP) is 4.33. The van der Waals surface area contributed by atoms with Crippen LogP contribution in [0.5, 0.6) is 0 Å². The lowest BCUT2D eigenvalue weighted by Crippen LogP contribution is -2.17. The number of carbonyl (C=O) groups excluding carboxylic acids is 2. The number of anilines is 2. The standard InChI is InChI=1S/C23H20N4O2/c1-3-17-6-4-5-15(2)21(17)27-22(28)18-11-12-25-20(13-18)23(29)26-19-9-7-16(14-24)8-10-19/h4-13H,3H2,1-2H3,(H,26,29)(H,27,28). The molecule has 3 rings (SSSR count). The van der Waals surface area contributed by atoms with Gasteiger partial charge in [0.15, 0.2) is 0 Å². The summed E-state index contributed by atoms with van der Waals surface area (Å²) in [7, 11) is 0. The average Bonchev–Trinajstić information content (AvgIpc) is 2.75. The number of aryl methyl sites for hydroxylation is 2. The van der Waals surface area contributed by atoms with Gasteiger partial charge in [0, 0.05) is 23.1 Å². The first kappa shape index (κ1) is 19.8. The summed E-state index contributed by atoms with van der Waals surface area (Å²) >= 11 is 0. The minimum atomic E-state index is -0.436. The van der Waals surface area contributed by atoms with Crippen LogP contribution in [0.3, 0.4) is 0 Å². The van der Waals surface area contributed by atoms with Gasteiger partial charge in [-0.1, -0.05) is 25.1 Å². The van der Waals surface area contributed by atoms with Gasteiger partial charge in [-0.2, -0.15) is 5.26 Å². The highest BCUT2D eigenvalue weighted by Crippen LogP contribution is 2.22. The van der Waals surface area contributed by atoms with E-state index in [9.17, 15) is 9.59 Å². The number of para-hydroxylation sites is 1. The highest BCUT2D eigenvalue weighted by atomic mass is 16.2. The molecule has 2 aromatic carbocycles. The Hall–Kier alpha value is -3.98. The van der Waals surface area contributed by atoms with E-state index < -0.39 is 5.91 Å². The molecule has 0 unspecified atom stereocenters. The van der Waals surface area contributed by atoms with Crippen LogP contribution < -0.4 is 10.6 Å². The van der Waals surface area contributed by atoms with Crippen molar-refractivity contribution < 1.29 is 9.59 Å². The van der Waals surface area contributed by atoms with Crippen LogP contribution in [0.15, 0.2) is 60.8 Å². The molecule has 6 nitrogen and oxygen atoms in total. The number of hydrogen-bond donors (Lipinski definition) is 2. The van der Waals surface area contributed by atoms with E-state index in [1.807, 2.05) is 38.1 Å². The van der Waals surface area contributed by atoms with E-state index in [0.717, 1.165) is 23.2 Å². The number of rotatable bonds is 5. The van der Waals surface area contributed by atoms with Crippen molar-refractivity contribution in [3.05, 3.63) is 88.7 Å². The molecule has 2 N–H and O–H groups in total. The number of nitriles is 1. The molecule has 1 aromatic heterocycles. The highest BCUT2D eigenvalue weighted by molar-refractivity contribution is 6.08. The molecule has 0 saturated carbocycles. The third-order valence-corrected chi connectivity index (χ3v) is 4.51. The zero-order valence-corrected chi connectivity index (χ0v) is 16.2. The second-order valence-electron chi connectivity index (χ2n) is 6.49. The summed E-state index contributed by atoms with van der Waals surface area (Å²) in [6.07, 6.45) is 2.23. The zero-order chi connectivity index (χ0) is 20.8. The fourth-order valence-electron chi connectivity index (χ4n) is 2.91. The lowest BCUT2D eigenvalue weighted by molar-refractivity contribution is 0.102. The molecule has 0 fully saturated rings. The first-order chi connectivity index (χ1) is 14.0. The van der Waals surface area contributed by atoms with Crippen LogP contribution in [-0.2, 0) is 6.42 Å². The molecule has 0 aliphatic rings. The van der Waals surface area contributed by atoms with Gasteiger partial charge in [0.05, 0.1) is 11.6 Å². The number of nitrogens with one attached hydrogen (secondary N) is 2. The third-order valence-electron chi connectivity index (χ3n) is 4.51. The lowest BCUT2D eigenvalue weighted by atomic mass is 10.1. The molecule has 0 atom stereocenters. The maximum absolute atomic E-state index is 12.7. The molecule has 3 aromatic rings. The lowest BCUT2D eigenvalue weighted by Gasteiger charge is -2.13. The van der Waals surface area contributed by atoms with Gasteiger partial charge in [0.25, 0.3) is 11.8 Å². The Morgan fingerprint density at radius 1 is 1.03 bits per heavy atom. The maximum atomic E-state index is 12.7. The predicted molar refractivity (Wildman–Crippen MR) is 112 cm³/mol. The van der Waals surface area contributed by atoms with Gasteiger partial charge < -0.3 is 10.6 Å². The Labute approximate surface area is 169 Å². The van der Waals surface area contributed by atoms with Crippen LogP contribution in [-0.4, -0.2) is 16.8 Å². The topological polar surface area (TPSA) is 94.9 Å². The van der Waals surface area contributed by atoms with Crippen molar-refractivity contribution in [2.45, 2.75) is 20.3 Å². The molecule has 0 aliphatic heterocycles. The van der Waals surface area contributed by atoms with Gasteiger partial charge in [-0.3, -0.25) is 14.6 Å². The number of pyridine rings is 1. The molecule has 0 radical (unpaired) electrons. The van der Waals surface area contributed by atoms with Gasteiger partial charge in [0.2, 0.25) is 0 Å². The fraction of sp³-hybridized carbons (Fsp3) is 0.130. The van der Waals surface area contributed by atoms with Gasteiger partial charge >= 0.3 is 0 Å². The van der Waals surface area contributed by atoms with Crippen molar-refractivity contribution in [2.24, 2.45) is 0 Å². The van der Waals surface area contributed by atoms with E-state index in [2.05, 4.69) is 15.6 Å². The van der Waals surface area contributed by atoms with Crippen molar-refractivity contribution in [3.63, 3.8) is 0 Å². The summed E-state index contributed by atoms with van der Waals surface area (Å²) in [5.41, 5.74) is 4.33. The molecule has 0 saturated heterocycles. The average molecular weight is 384 g/mol. The van der Waals surface area contributed by atoms with E-state index in [1.54, 1.807) is 30.3 Å².